The lowest BCUT2D eigenvalue weighted by atomic mass is 10.1. The molecule has 27 heavy (non-hydrogen) atoms. The molecule has 1 aromatic heterocycles. The first-order chi connectivity index (χ1) is 12.7. The molecule has 0 unspecified atom stereocenters. The zero-order valence-electron chi connectivity index (χ0n) is 16.1. The molecule has 1 fully saturated rings. The molecule has 1 aromatic carbocycles. The van der Waals surface area contributed by atoms with Crippen LogP contribution in [0.25, 0.3) is 0 Å². The number of carbonyl (C=O) groups excluding carboxylic acids is 1. The molecule has 1 saturated heterocycles. The number of benzene rings is 1. The second-order valence-corrected chi connectivity index (χ2v) is 9.02. The molecule has 2 heterocycles. The Labute approximate surface area is 160 Å². The number of hydrogen-bond donors (Lipinski definition) is 0. The van der Waals surface area contributed by atoms with E-state index >= 15 is 0 Å². The molecule has 1 amide bonds. The zero-order valence-corrected chi connectivity index (χ0v) is 17.0. The molecule has 0 N–H and O–H groups in total. The summed E-state index contributed by atoms with van der Waals surface area (Å²) in [7, 11) is -3.59. The van der Waals surface area contributed by atoms with Crippen molar-refractivity contribution in [3.8, 4) is 0 Å². The van der Waals surface area contributed by atoms with Gasteiger partial charge in [-0.25, -0.2) is 8.42 Å². The molecule has 3 rings (SSSR count). The number of hydrogen-bond acceptors (Lipinski definition) is 4. The molecule has 2 aromatic rings. The Morgan fingerprint density at radius 1 is 1.15 bits per heavy atom. The molecule has 0 bridgehead atoms. The van der Waals surface area contributed by atoms with E-state index in [-0.39, 0.29) is 25.0 Å². The first-order valence-corrected chi connectivity index (χ1v) is 10.5. The van der Waals surface area contributed by atoms with Crippen LogP contribution in [0, 0.1) is 20.8 Å². The lowest BCUT2D eigenvalue weighted by molar-refractivity contribution is 0.0590. The van der Waals surface area contributed by atoms with Gasteiger partial charge in [-0.05, 0) is 57.0 Å². The SMILES string of the molecule is Cc1ccc(C)c(S(=O)(=O)N2CCN(C(=O)c3cccnc3C)[C@@H](C)C2)c1. The summed E-state index contributed by atoms with van der Waals surface area (Å²) in [6.07, 6.45) is 1.66. The van der Waals surface area contributed by atoms with Gasteiger partial charge in [0.15, 0.2) is 0 Å². The Hall–Kier alpha value is -2.25. The first-order valence-electron chi connectivity index (χ1n) is 9.02. The highest BCUT2D eigenvalue weighted by molar-refractivity contribution is 7.89. The van der Waals surface area contributed by atoms with Crippen LogP contribution in [0.2, 0.25) is 0 Å². The highest BCUT2D eigenvalue weighted by Gasteiger charge is 2.35. The van der Waals surface area contributed by atoms with Gasteiger partial charge in [0, 0.05) is 37.6 Å². The highest BCUT2D eigenvalue weighted by atomic mass is 32.2. The van der Waals surface area contributed by atoms with Crippen LogP contribution in [0.5, 0.6) is 0 Å². The van der Waals surface area contributed by atoms with E-state index in [2.05, 4.69) is 4.98 Å². The number of nitrogens with zero attached hydrogens (tertiary/aromatic N) is 3. The fourth-order valence-electron chi connectivity index (χ4n) is 3.43. The zero-order chi connectivity index (χ0) is 19.8. The smallest absolute Gasteiger partial charge is 0.256 e. The number of sulfonamides is 1. The van der Waals surface area contributed by atoms with Gasteiger partial charge in [0.2, 0.25) is 10.0 Å². The maximum atomic E-state index is 13.1. The fourth-order valence-corrected chi connectivity index (χ4v) is 5.26. The van der Waals surface area contributed by atoms with Crippen LogP contribution < -0.4 is 0 Å². The van der Waals surface area contributed by atoms with E-state index in [0.717, 1.165) is 11.1 Å². The third-order valence-electron chi connectivity index (χ3n) is 5.05. The summed E-state index contributed by atoms with van der Waals surface area (Å²) in [4.78, 5) is 19.1. The molecule has 6 nitrogen and oxygen atoms in total. The van der Waals surface area contributed by atoms with E-state index < -0.39 is 10.0 Å². The summed E-state index contributed by atoms with van der Waals surface area (Å²) in [5.74, 6) is -0.100. The molecule has 144 valence electrons. The summed E-state index contributed by atoms with van der Waals surface area (Å²) >= 11 is 0. The van der Waals surface area contributed by atoms with Crippen LogP contribution in [0.15, 0.2) is 41.4 Å². The van der Waals surface area contributed by atoms with E-state index in [1.54, 1.807) is 43.1 Å². The predicted octanol–water partition coefficient (Wildman–Crippen LogP) is 2.54. The molecular formula is C20H25N3O3S. The summed E-state index contributed by atoms with van der Waals surface area (Å²) in [6.45, 7) is 8.30. The fraction of sp³-hybridized carbons (Fsp3) is 0.400. The maximum absolute atomic E-state index is 13.1. The highest BCUT2D eigenvalue weighted by Crippen LogP contribution is 2.24. The number of aromatic nitrogens is 1. The molecule has 0 radical (unpaired) electrons. The van der Waals surface area contributed by atoms with Crippen molar-refractivity contribution in [3.63, 3.8) is 0 Å². The van der Waals surface area contributed by atoms with Gasteiger partial charge in [0.1, 0.15) is 0 Å². The summed E-state index contributed by atoms with van der Waals surface area (Å²) in [6, 6.07) is 8.74. The number of aryl methyl sites for hydroxylation is 3. The Balaban J connectivity index is 1.81. The molecule has 0 spiro atoms. The minimum Gasteiger partial charge on any atom is -0.333 e. The van der Waals surface area contributed by atoms with Crippen LogP contribution in [0.4, 0.5) is 0 Å². The topological polar surface area (TPSA) is 70.6 Å². The minimum absolute atomic E-state index is 0.100. The standard InChI is InChI=1S/C20H25N3O3S/c1-14-7-8-15(2)19(12-14)27(25,26)22-10-11-23(16(3)13-22)20(24)18-6-5-9-21-17(18)4/h5-9,12,16H,10-11,13H2,1-4H3/t16-/m0/s1. The third-order valence-corrected chi connectivity index (χ3v) is 7.06. The van der Waals surface area contributed by atoms with Gasteiger partial charge in [-0.15, -0.1) is 0 Å². The summed E-state index contributed by atoms with van der Waals surface area (Å²) in [5, 5.41) is 0. The van der Waals surface area contributed by atoms with Crippen molar-refractivity contribution in [2.75, 3.05) is 19.6 Å². The number of piperazine rings is 1. The lowest BCUT2D eigenvalue weighted by Crippen LogP contribution is -2.55. The van der Waals surface area contributed by atoms with Crippen molar-refractivity contribution in [1.82, 2.24) is 14.2 Å². The van der Waals surface area contributed by atoms with Crippen molar-refractivity contribution >= 4 is 15.9 Å². The van der Waals surface area contributed by atoms with E-state index in [1.165, 1.54) is 4.31 Å². The molecule has 1 aliphatic heterocycles. The van der Waals surface area contributed by atoms with Gasteiger partial charge >= 0.3 is 0 Å². The number of pyridine rings is 1. The van der Waals surface area contributed by atoms with Crippen LogP contribution >= 0.6 is 0 Å². The van der Waals surface area contributed by atoms with Gasteiger partial charge in [-0.3, -0.25) is 9.78 Å². The van der Waals surface area contributed by atoms with E-state index in [4.69, 9.17) is 0 Å². The second kappa shape index (κ2) is 7.40. The van der Waals surface area contributed by atoms with Crippen LogP contribution in [-0.4, -0.2) is 54.2 Å². The quantitative estimate of drug-likeness (QED) is 0.811. The van der Waals surface area contributed by atoms with Crippen LogP contribution in [-0.2, 0) is 10.0 Å². The van der Waals surface area contributed by atoms with Crippen molar-refractivity contribution in [2.24, 2.45) is 0 Å². The number of carbonyl (C=O) groups is 1. The van der Waals surface area contributed by atoms with Crippen molar-refractivity contribution in [1.29, 1.82) is 0 Å². The van der Waals surface area contributed by atoms with Crippen LogP contribution in [0.1, 0.15) is 34.1 Å². The van der Waals surface area contributed by atoms with E-state index in [0.29, 0.717) is 22.7 Å². The van der Waals surface area contributed by atoms with E-state index in [1.807, 2.05) is 26.0 Å². The summed E-state index contributed by atoms with van der Waals surface area (Å²) < 4.78 is 27.7. The molecule has 1 aliphatic rings. The largest absolute Gasteiger partial charge is 0.333 e. The second-order valence-electron chi connectivity index (χ2n) is 7.12. The van der Waals surface area contributed by atoms with Gasteiger partial charge in [0.25, 0.3) is 5.91 Å². The van der Waals surface area contributed by atoms with Gasteiger partial charge in [-0.1, -0.05) is 12.1 Å². The van der Waals surface area contributed by atoms with Gasteiger partial charge in [-0.2, -0.15) is 4.31 Å². The monoisotopic (exact) mass is 387 g/mol. The number of amides is 1. The first kappa shape index (κ1) is 19.5. The Morgan fingerprint density at radius 3 is 2.56 bits per heavy atom. The van der Waals surface area contributed by atoms with Gasteiger partial charge in [0.05, 0.1) is 10.5 Å². The summed E-state index contributed by atoms with van der Waals surface area (Å²) in [5.41, 5.74) is 2.89. The van der Waals surface area contributed by atoms with Crippen molar-refractivity contribution < 1.29 is 13.2 Å². The molecule has 7 heteroatoms. The van der Waals surface area contributed by atoms with Crippen LogP contribution in [0.3, 0.4) is 0 Å². The minimum atomic E-state index is -3.59. The molecule has 0 saturated carbocycles. The average molecular weight is 388 g/mol. The molecular weight excluding hydrogens is 362 g/mol. The Kier molecular flexibility index (Phi) is 5.35. The Morgan fingerprint density at radius 2 is 1.89 bits per heavy atom. The maximum Gasteiger partial charge on any atom is 0.256 e. The van der Waals surface area contributed by atoms with E-state index in [9.17, 15) is 13.2 Å². The third kappa shape index (κ3) is 3.75. The van der Waals surface area contributed by atoms with Crippen molar-refractivity contribution in [3.05, 3.63) is 58.9 Å². The molecule has 1 atom stereocenters. The number of rotatable bonds is 3. The lowest BCUT2D eigenvalue weighted by Gasteiger charge is -2.39. The van der Waals surface area contributed by atoms with Gasteiger partial charge < -0.3 is 4.90 Å². The molecule has 0 aliphatic carbocycles. The average Bonchev–Trinajstić information content (AvgIpc) is 2.63. The normalized spacial score (nSPS) is 18.5. The predicted molar refractivity (Wildman–Crippen MR) is 104 cm³/mol. The Bertz CT molecular complexity index is 972. The van der Waals surface area contributed by atoms with Crippen molar-refractivity contribution in [2.45, 2.75) is 38.6 Å².